The maximum atomic E-state index is 13.1. The summed E-state index contributed by atoms with van der Waals surface area (Å²) >= 11 is 6.20. The average molecular weight is 489 g/mol. The van der Waals surface area contributed by atoms with Crippen LogP contribution in [-0.4, -0.2) is 53.4 Å². The molecule has 0 atom stereocenters. The smallest absolute Gasteiger partial charge is 0.254 e. The van der Waals surface area contributed by atoms with Crippen LogP contribution < -0.4 is 0 Å². The second kappa shape index (κ2) is 10.0. The summed E-state index contributed by atoms with van der Waals surface area (Å²) < 4.78 is 32.7. The molecule has 1 aliphatic heterocycles. The highest BCUT2D eigenvalue weighted by Crippen LogP contribution is 2.27. The number of sulfonamides is 1. The Morgan fingerprint density at radius 3 is 2.45 bits per heavy atom. The molecule has 1 amide bonds. The van der Waals surface area contributed by atoms with E-state index in [2.05, 4.69) is 10.2 Å². The Hall–Kier alpha value is -2.75. The third kappa shape index (κ3) is 5.10. The number of nitrogens with zero attached hydrogens (tertiary/aromatic N) is 4. The number of hydrogen-bond acceptors (Lipinski definition) is 6. The summed E-state index contributed by atoms with van der Waals surface area (Å²) in [5.74, 6) is 0.343. The fourth-order valence-corrected chi connectivity index (χ4v) is 5.51. The van der Waals surface area contributed by atoms with Crippen molar-refractivity contribution in [3.8, 4) is 11.5 Å². The van der Waals surface area contributed by atoms with Gasteiger partial charge in [0.05, 0.1) is 22.0 Å². The minimum Gasteiger partial charge on any atom is -0.419 e. The topological polar surface area (TPSA) is 96.6 Å². The Bertz CT molecular complexity index is 1220. The van der Waals surface area contributed by atoms with Crippen LogP contribution in [0.3, 0.4) is 0 Å². The van der Waals surface area contributed by atoms with Gasteiger partial charge in [-0.15, -0.1) is 10.2 Å². The van der Waals surface area contributed by atoms with E-state index >= 15 is 0 Å². The first-order valence-corrected chi connectivity index (χ1v) is 12.7. The first-order valence-electron chi connectivity index (χ1n) is 10.9. The minimum absolute atomic E-state index is 0.137. The summed E-state index contributed by atoms with van der Waals surface area (Å²) in [5, 5.41) is 8.63. The third-order valence-corrected chi connectivity index (χ3v) is 7.72. The lowest BCUT2D eigenvalue weighted by molar-refractivity contribution is 0.0728. The molecule has 8 nitrogen and oxygen atoms in total. The zero-order valence-electron chi connectivity index (χ0n) is 18.3. The van der Waals surface area contributed by atoms with E-state index < -0.39 is 10.0 Å². The molecule has 3 aromatic rings. The number of halogens is 1. The maximum absolute atomic E-state index is 13.1. The van der Waals surface area contributed by atoms with E-state index in [9.17, 15) is 13.2 Å². The van der Waals surface area contributed by atoms with Gasteiger partial charge in [-0.05, 0) is 55.7 Å². The van der Waals surface area contributed by atoms with Crippen molar-refractivity contribution in [3.05, 3.63) is 65.0 Å². The molecule has 2 aromatic carbocycles. The van der Waals surface area contributed by atoms with Gasteiger partial charge in [0.25, 0.3) is 5.91 Å². The second-order valence-electron chi connectivity index (χ2n) is 7.84. The quantitative estimate of drug-likeness (QED) is 0.470. The van der Waals surface area contributed by atoms with Crippen LogP contribution in [0.25, 0.3) is 11.5 Å². The Morgan fingerprint density at radius 1 is 1.09 bits per heavy atom. The number of aromatic nitrogens is 2. The Labute approximate surface area is 198 Å². The fourth-order valence-electron chi connectivity index (χ4n) is 3.78. The fraction of sp³-hybridized carbons (Fsp3) is 0.348. The van der Waals surface area contributed by atoms with Crippen LogP contribution in [0.1, 0.15) is 42.4 Å². The summed E-state index contributed by atoms with van der Waals surface area (Å²) in [6, 6.07) is 13.2. The molecule has 0 bridgehead atoms. The molecule has 33 heavy (non-hydrogen) atoms. The summed E-state index contributed by atoms with van der Waals surface area (Å²) in [4.78, 5) is 14.9. The highest BCUT2D eigenvalue weighted by molar-refractivity contribution is 7.89. The molecular weight excluding hydrogens is 464 g/mol. The first-order chi connectivity index (χ1) is 15.9. The van der Waals surface area contributed by atoms with Crippen molar-refractivity contribution < 1.29 is 17.6 Å². The predicted octanol–water partition coefficient (Wildman–Crippen LogP) is 4.23. The van der Waals surface area contributed by atoms with E-state index in [1.807, 2.05) is 19.1 Å². The van der Waals surface area contributed by atoms with Crippen molar-refractivity contribution in [1.82, 2.24) is 19.4 Å². The molecule has 1 fully saturated rings. The Morgan fingerprint density at radius 2 is 1.79 bits per heavy atom. The molecule has 0 aliphatic carbocycles. The molecule has 10 heteroatoms. The molecular formula is C23H25ClN4O4S. The van der Waals surface area contributed by atoms with E-state index in [1.165, 1.54) is 16.4 Å². The van der Waals surface area contributed by atoms with Crippen LogP contribution in [0.4, 0.5) is 0 Å². The largest absolute Gasteiger partial charge is 0.419 e. The summed E-state index contributed by atoms with van der Waals surface area (Å²) in [6.45, 7) is 3.66. The van der Waals surface area contributed by atoms with Gasteiger partial charge in [-0.3, -0.25) is 4.79 Å². The molecule has 4 rings (SSSR count). The Balaban J connectivity index is 1.50. The van der Waals surface area contributed by atoms with Gasteiger partial charge in [0, 0.05) is 25.2 Å². The molecule has 2 heterocycles. The number of rotatable bonds is 8. The SMILES string of the molecule is CCCN(Cc1nnc(-c2ccccc2Cl)o1)C(=O)c1ccc(S(=O)(=O)N2CCCC2)cc1. The van der Waals surface area contributed by atoms with Gasteiger partial charge in [-0.25, -0.2) is 8.42 Å². The van der Waals surface area contributed by atoms with Crippen molar-refractivity contribution in [2.24, 2.45) is 0 Å². The van der Waals surface area contributed by atoms with Crippen LogP contribution >= 0.6 is 11.6 Å². The normalized spacial score (nSPS) is 14.5. The van der Waals surface area contributed by atoms with Gasteiger partial charge in [0.15, 0.2) is 0 Å². The molecule has 1 aromatic heterocycles. The van der Waals surface area contributed by atoms with E-state index in [1.54, 1.807) is 29.2 Å². The molecule has 0 saturated carbocycles. The highest BCUT2D eigenvalue weighted by atomic mass is 35.5. The van der Waals surface area contributed by atoms with Crippen molar-refractivity contribution >= 4 is 27.5 Å². The third-order valence-electron chi connectivity index (χ3n) is 5.48. The minimum atomic E-state index is -3.52. The van der Waals surface area contributed by atoms with E-state index in [0.29, 0.717) is 41.7 Å². The first kappa shape index (κ1) is 23.4. The zero-order chi connectivity index (χ0) is 23.4. The summed E-state index contributed by atoms with van der Waals surface area (Å²) in [5.41, 5.74) is 1.02. The van der Waals surface area contributed by atoms with E-state index in [-0.39, 0.29) is 23.2 Å². The van der Waals surface area contributed by atoms with Crippen molar-refractivity contribution in [2.75, 3.05) is 19.6 Å². The van der Waals surface area contributed by atoms with Gasteiger partial charge in [-0.1, -0.05) is 30.7 Å². The number of amides is 1. The van der Waals surface area contributed by atoms with Gasteiger partial charge in [0.2, 0.25) is 21.8 Å². The molecule has 1 aliphatic rings. The summed E-state index contributed by atoms with van der Waals surface area (Å²) in [7, 11) is -3.52. The molecule has 1 saturated heterocycles. The van der Waals surface area contributed by atoms with E-state index in [0.717, 1.165) is 19.3 Å². The van der Waals surface area contributed by atoms with Crippen LogP contribution in [0.15, 0.2) is 57.8 Å². The summed E-state index contributed by atoms with van der Waals surface area (Å²) in [6.07, 6.45) is 2.48. The monoisotopic (exact) mass is 488 g/mol. The lowest BCUT2D eigenvalue weighted by Crippen LogP contribution is -2.31. The van der Waals surface area contributed by atoms with Crippen molar-refractivity contribution in [1.29, 1.82) is 0 Å². The predicted molar refractivity (Wildman–Crippen MR) is 124 cm³/mol. The van der Waals surface area contributed by atoms with Crippen LogP contribution in [0, 0.1) is 0 Å². The molecule has 0 unspecified atom stereocenters. The van der Waals surface area contributed by atoms with Gasteiger partial charge in [0.1, 0.15) is 0 Å². The standard InChI is InChI=1S/C23H25ClN4O4S/c1-2-13-27(16-21-25-26-22(32-21)19-7-3-4-8-20(19)24)23(29)17-9-11-18(12-10-17)33(30,31)28-14-5-6-15-28/h3-4,7-12H,2,5-6,13-16H2,1H3. The number of benzene rings is 2. The Kier molecular flexibility index (Phi) is 7.11. The van der Waals surface area contributed by atoms with Gasteiger partial charge in [-0.2, -0.15) is 4.31 Å². The highest BCUT2D eigenvalue weighted by Gasteiger charge is 2.27. The zero-order valence-corrected chi connectivity index (χ0v) is 19.8. The van der Waals surface area contributed by atoms with Crippen LogP contribution in [-0.2, 0) is 16.6 Å². The van der Waals surface area contributed by atoms with E-state index in [4.69, 9.17) is 16.0 Å². The van der Waals surface area contributed by atoms with Gasteiger partial charge >= 0.3 is 0 Å². The maximum Gasteiger partial charge on any atom is 0.254 e. The average Bonchev–Trinajstić information content (AvgIpc) is 3.52. The van der Waals surface area contributed by atoms with Gasteiger partial charge < -0.3 is 9.32 Å². The molecule has 0 spiro atoms. The lowest BCUT2D eigenvalue weighted by atomic mass is 10.2. The number of carbonyl (C=O) groups excluding carboxylic acids is 1. The van der Waals surface area contributed by atoms with Crippen LogP contribution in [0.2, 0.25) is 5.02 Å². The van der Waals surface area contributed by atoms with Crippen LogP contribution in [0.5, 0.6) is 0 Å². The number of hydrogen-bond donors (Lipinski definition) is 0. The molecule has 0 N–H and O–H groups in total. The number of carbonyl (C=O) groups is 1. The molecule has 0 radical (unpaired) electrons. The molecule has 174 valence electrons. The lowest BCUT2D eigenvalue weighted by Gasteiger charge is -2.21. The van der Waals surface area contributed by atoms with Crippen molar-refractivity contribution in [3.63, 3.8) is 0 Å². The second-order valence-corrected chi connectivity index (χ2v) is 10.2. The van der Waals surface area contributed by atoms with Crippen molar-refractivity contribution in [2.45, 2.75) is 37.6 Å².